The van der Waals surface area contributed by atoms with Crippen molar-refractivity contribution in [1.29, 1.82) is 0 Å². The van der Waals surface area contributed by atoms with Gasteiger partial charge >= 0.3 is 0 Å². The third-order valence-corrected chi connectivity index (χ3v) is 3.45. The van der Waals surface area contributed by atoms with E-state index in [9.17, 15) is 0 Å². The largest absolute Gasteiger partial charge is 0.286 e. The molecule has 1 aromatic heterocycles. The van der Waals surface area contributed by atoms with E-state index in [-0.39, 0.29) is 0 Å². The highest BCUT2D eigenvalue weighted by Crippen LogP contribution is 2.22. The van der Waals surface area contributed by atoms with Crippen LogP contribution in [0.4, 0.5) is 5.95 Å². The van der Waals surface area contributed by atoms with Gasteiger partial charge in [0.2, 0.25) is 5.95 Å². The Morgan fingerprint density at radius 1 is 1.25 bits per heavy atom. The Bertz CT molecular complexity index is 330. The quantitative estimate of drug-likeness (QED) is 0.907. The van der Waals surface area contributed by atoms with Crippen molar-refractivity contribution in [3.8, 4) is 0 Å². The van der Waals surface area contributed by atoms with Crippen LogP contribution in [0.25, 0.3) is 0 Å². The van der Waals surface area contributed by atoms with Crippen molar-refractivity contribution >= 4 is 21.9 Å². The highest BCUT2D eigenvalue weighted by molar-refractivity contribution is 9.10. The van der Waals surface area contributed by atoms with Gasteiger partial charge in [-0.3, -0.25) is 5.43 Å². The molecule has 1 aliphatic heterocycles. The molecular formula is C11H17BrN4. The number of halogens is 1. The second-order valence-corrected chi connectivity index (χ2v) is 5.29. The Kier molecular flexibility index (Phi) is 3.76. The van der Waals surface area contributed by atoms with Crippen molar-refractivity contribution in [2.75, 3.05) is 5.43 Å². The maximum absolute atomic E-state index is 4.23. The number of hydrogen-bond donors (Lipinski definition) is 1. The van der Waals surface area contributed by atoms with Gasteiger partial charge in [0, 0.05) is 24.5 Å². The van der Waals surface area contributed by atoms with Gasteiger partial charge in [-0.2, -0.15) is 0 Å². The minimum absolute atomic E-state index is 0.538. The number of nitrogens with zero attached hydrogens (tertiary/aromatic N) is 3. The Hall–Kier alpha value is -0.680. The molecule has 2 unspecified atom stereocenters. The van der Waals surface area contributed by atoms with Crippen molar-refractivity contribution in [1.82, 2.24) is 15.0 Å². The maximum Gasteiger partial charge on any atom is 0.237 e. The van der Waals surface area contributed by atoms with Crippen molar-refractivity contribution in [2.45, 2.75) is 45.2 Å². The van der Waals surface area contributed by atoms with E-state index in [1.807, 2.05) is 0 Å². The fourth-order valence-corrected chi connectivity index (χ4v) is 2.33. The van der Waals surface area contributed by atoms with E-state index < -0.39 is 0 Å². The van der Waals surface area contributed by atoms with E-state index in [2.05, 4.69) is 50.2 Å². The van der Waals surface area contributed by atoms with Crippen LogP contribution in [0, 0.1) is 0 Å². The van der Waals surface area contributed by atoms with E-state index in [1.54, 1.807) is 12.4 Å². The van der Waals surface area contributed by atoms with E-state index >= 15 is 0 Å². The molecule has 0 saturated carbocycles. The zero-order valence-electron chi connectivity index (χ0n) is 9.65. The molecule has 1 aromatic rings. The first-order chi connectivity index (χ1) is 7.66. The van der Waals surface area contributed by atoms with Gasteiger partial charge in [-0.15, -0.1) is 0 Å². The van der Waals surface area contributed by atoms with Gasteiger partial charge in [0.05, 0.1) is 4.47 Å². The molecule has 5 heteroatoms. The second kappa shape index (κ2) is 5.10. The summed E-state index contributed by atoms with van der Waals surface area (Å²) in [5.74, 6) is 0.670. The number of aromatic nitrogens is 2. The number of hydrogen-bond acceptors (Lipinski definition) is 4. The lowest BCUT2D eigenvalue weighted by Gasteiger charge is -2.38. The lowest BCUT2D eigenvalue weighted by atomic mass is 10.00. The second-order valence-electron chi connectivity index (χ2n) is 4.37. The third-order valence-electron chi connectivity index (χ3n) is 3.04. The summed E-state index contributed by atoms with van der Waals surface area (Å²) in [5.41, 5.74) is 3.30. The fourth-order valence-electron chi connectivity index (χ4n) is 2.13. The lowest BCUT2D eigenvalue weighted by molar-refractivity contribution is 0.134. The molecule has 1 N–H and O–H groups in total. The summed E-state index contributed by atoms with van der Waals surface area (Å²) in [7, 11) is 0. The molecule has 0 spiro atoms. The van der Waals surface area contributed by atoms with Gasteiger partial charge < -0.3 is 0 Å². The number of anilines is 1. The van der Waals surface area contributed by atoms with Crippen LogP contribution in [-0.2, 0) is 0 Å². The lowest BCUT2D eigenvalue weighted by Crippen LogP contribution is -2.47. The van der Waals surface area contributed by atoms with Crippen LogP contribution in [-0.4, -0.2) is 27.1 Å². The van der Waals surface area contributed by atoms with Crippen LogP contribution in [0.1, 0.15) is 33.1 Å². The molecule has 1 saturated heterocycles. The maximum atomic E-state index is 4.23. The third kappa shape index (κ3) is 2.71. The van der Waals surface area contributed by atoms with Crippen LogP contribution >= 0.6 is 15.9 Å². The van der Waals surface area contributed by atoms with Crippen LogP contribution in [0.15, 0.2) is 16.9 Å². The summed E-state index contributed by atoms with van der Waals surface area (Å²) in [5, 5.41) is 2.26. The number of hydrazine groups is 1. The number of piperidine rings is 1. The molecule has 16 heavy (non-hydrogen) atoms. The van der Waals surface area contributed by atoms with E-state index in [1.165, 1.54) is 19.3 Å². The predicted molar refractivity (Wildman–Crippen MR) is 68.0 cm³/mol. The molecule has 2 rings (SSSR count). The fraction of sp³-hybridized carbons (Fsp3) is 0.636. The zero-order chi connectivity index (χ0) is 11.5. The van der Waals surface area contributed by atoms with Crippen molar-refractivity contribution in [3.05, 3.63) is 16.9 Å². The SMILES string of the molecule is CC1CCCC(C)N1Nc1ncc(Br)cn1. The van der Waals surface area contributed by atoms with Crippen molar-refractivity contribution in [3.63, 3.8) is 0 Å². The van der Waals surface area contributed by atoms with Crippen LogP contribution in [0.2, 0.25) is 0 Å². The van der Waals surface area contributed by atoms with Gasteiger partial charge in [0.25, 0.3) is 0 Å². The summed E-state index contributed by atoms with van der Waals surface area (Å²) in [6, 6.07) is 1.08. The van der Waals surface area contributed by atoms with Gasteiger partial charge in [-0.25, -0.2) is 15.0 Å². The highest BCUT2D eigenvalue weighted by Gasteiger charge is 2.25. The zero-order valence-corrected chi connectivity index (χ0v) is 11.2. The molecule has 4 nitrogen and oxygen atoms in total. The molecule has 1 fully saturated rings. The molecular weight excluding hydrogens is 268 g/mol. The van der Waals surface area contributed by atoms with E-state index in [0.717, 1.165) is 4.47 Å². The van der Waals surface area contributed by atoms with Gasteiger partial charge in [0.15, 0.2) is 0 Å². The minimum atomic E-state index is 0.538. The smallest absolute Gasteiger partial charge is 0.237 e. The average molecular weight is 285 g/mol. The predicted octanol–water partition coefficient (Wildman–Crippen LogP) is 2.83. The average Bonchev–Trinajstić information content (AvgIpc) is 2.26. The molecule has 2 heterocycles. The Labute approximate surface area is 105 Å². The molecule has 2 atom stereocenters. The molecule has 0 amide bonds. The van der Waals surface area contributed by atoms with Crippen molar-refractivity contribution < 1.29 is 0 Å². The molecule has 0 aliphatic carbocycles. The Morgan fingerprint density at radius 2 is 1.81 bits per heavy atom. The van der Waals surface area contributed by atoms with Gasteiger partial charge in [0.1, 0.15) is 0 Å². The summed E-state index contributed by atoms with van der Waals surface area (Å²) >= 11 is 3.33. The topological polar surface area (TPSA) is 41.0 Å². The molecule has 0 aromatic carbocycles. The monoisotopic (exact) mass is 284 g/mol. The normalized spacial score (nSPS) is 26.7. The first kappa shape index (κ1) is 11.8. The number of nitrogens with one attached hydrogen (secondary N) is 1. The van der Waals surface area contributed by atoms with Crippen molar-refractivity contribution in [2.24, 2.45) is 0 Å². The standard InChI is InChI=1S/C11H17BrN4/c1-8-4-3-5-9(2)16(8)15-11-13-6-10(12)7-14-11/h6-9H,3-5H2,1-2H3,(H,13,14,15). The molecule has 88 valence electrons. The van der Waals surface area contributed by atoms with Crippen LogP contribution < -0.4 is 5.43 Å². The molecule has 0 radical (unpaired) electrons. The summed E-state index contributed by atoms with van der Waals surface area (Å²) in [6.45, 7) is 4.48. The molecule has 1 aliphatic rings. The number of rotatable bonds is 2. The van der Waals surface area contributed by atoms with Gasteiger partial charge in [-0.1, -0.05) is 6.42 Å². The first-order valence-electron chi connectivity index (χ1n) is 5.69. The minimum Gasteiger partial charge on any atom is -0.286 e. The summed E-state index contributed by atoms with van der Waals surface area (Å²) in [6.07, 6.45) is 7.28. The first-order valence-corrected chi connectivity index (χ1v) is 6.48. The summed E-state index contributed by atoms with van der Waals surface area (Å²) in [4.78, 5) is 8.46. The van der Waals surface area contributed by atoms with Crippen LogP contribution in [0.5, 0.6) is 0 Å². The van der Waals surface area contributed by atoms with E-state index in [4.69, 9.17) is 0 Å². The van der Waals surface area contributed by atoms with Crippen LogP contribution in [0.3, 0.4) is 0 Å². The summed E-state index contributed by atoms with van der Waals surface area (Å²) < 4.78 is 0.901. The molecule has 0 bridgehead atoms. The van der Waals surface area contributed by atoms with Gasteiger partial charge in [-0.05, 0) is 42.6 Å². The van der Waals surface area contributed by atoms with E-state index in [0.29, 0.717) is 18.0 Å². The Balaban J connectivity index is 2.04. The highest BCUT2D eigenvalue weighted by atomic mass is 79.9. The Morgan fingerprint density at radius 3 is 2.38 bits per heavy atom.